The van der Waals surface area contributed by atoms with Gasteiger partial charge in [-0.05, 0) is 29.3 Å². The number of carbonyl (C=O) groups excluding carboxylic acids is 3. The highest BCUT2D eigenvalue weighted by atomic mass is 16.5. The summed E-state index contributed by atoms with van der Waals surface area (Å²) in [6, 6.07) is 24.2. The molecule has 156 valence electrons. The summed E-state index contributed by atoms with van der Waals surface area (Å²) in [6.07, 6.45) is 0.120. The van der Waals surface area contributed by atoms with E-state index in [1.807, 2.05) is 60.7 Å². The highest BCUT2D eigenvalue weighted by molar-refractivity contribution is 6.01. The van der Waals surface area contributed by atoms with E-state index in [1.54, 1.807) is 12.1 Å². The van der Waals surface area contributed by atoms with Crippen LogP contribution in [0.2, 0.25) is 0 Å². The minimum absolute atomic E-state index is 0.0537. The van der Waals surface area contributed by atoms with Crippen molar-refractivity contribution < 1.29 is 23.9 Å². The zero-order valence-corrected chi connectivity index (χ0v) is 16.7. The molecule has 1 aliphatic heterocycles. The summed E-state index contributed by atoms with van der Waals surface area (Å²) in [6.45, 7) is -0.426. The van der Waals surface area contributed by atoms with Crippen molar-refractivity contribution in [3.05, 3.63) is 95.6 Å². The monoisotopic (exact) mass is 415 g/mol. The topological polar surface area (TPSA) is 81.7 Å². The van der Waals surface area contributed by atoms with Crippen LogP contribution in [0.3, 0.4) is 0 Å². The van der Waals surface area contributed by atoms with Gasteiger partial charge in [0, 0.05) is 11.5 Å². The van der Waals surface area contributed by atoms with Crippen LogP contribution >= 0.6 is 0 Å². The highest BCUT2D eigenvalue weighted by Gasteiger charge is 2.21. The molecule has 3 aromatic carbocycles. The van der Waals surface area contributed by atoms with Crippen LogP contribution in [0.1, 0.15) is 33.8 Å². The SMILES string of the molecule is O=C1COc2ccc(C(=O)COC(=O)CC(c3ccccc3)c3ccccc3)cc2N1. The average Bonchev–Trinajstić information content (AvgIpc) is 2.81. The van der Waals surface area contributed by atoms with E-state index in [2.05, 4.69) is 5.32 Å². The summed E-state index contributed by atoms with van der Waals surface area (Å²) >= 11 is 0. The van der Waals surface area contributed by atoms with Crippen molar-refractivity contribution in [1.82, 2.24) is 0 Å². The Morgan fingerprint density at radius 1 is 0.935 bits per heavy atom. The number of carbonyl (C=O) groups is 3. The molecule has 0 unspecified atom stereocenters. The number of nitrogens with one attached hydrogen (secondary N) is 1. The van der Waals surface area contributed by atoms with E-state index in [1.165, 1.54) is 6.07 Å². The lowest BCUT2D eigenvalue weighted by Crippen LogP contribution is -2.25. The maximum atomic E-state index is 12.6. The molecular weight excluding hydrogens is 394 g/mol. The molecule has 0 radical (unpaired) electrons. The number of ether oxygens (including phenoxy) is 2. The van der Waals surface area contributed by atoms with Crippen LogP contribution < -0.4 is 10.1 Å². The third-order valence-corrected chi connectivity index (χ3v) is 5.07. The lowest BCUT2D eigenvalue weighted by Gasteiger charge is -2.18. The fourth-order valence-electron chi connectivity index (χ4n) is 3.51. The van der Waals surface area contributed by atoms with Crippen molar-refractivity contribution in [2.75, 3.05) is 18.5 Å². The van der Waals surface area contributed by atoms with E-state index < -0.39 is 5.97 Å². The maximum absolute atomic E-state index is 12.6. The first kappa shape index (κ1) is 20.3. The van der Waals surface area contributed by atoms with Crippen molar-refractivity contribution in [2.24, 2.45) is 0 Å². The lowest BCUT2D eigenvalue weighted by atomic mass is 9.89. The fourth-order valence-corrected chi connectivity index (χ4v) is 3.51. The zero-order valence-electron chi connectivity index (χ0n) is 16.7. The van der Waals surface area contributed by atoms with Gasteiger partial charge in [-0.25, -0.2) is 0 Å². The lowest BCUT2D eigenvalue weighted by molar-refractivity contribution is -0.142. The zero-order chi connectivity index (χ0) is 21.6. The summed E-state index contributed by atoms with van der Waals surface area (Å²) in [4.78, 5) is 36.5. The molecule has 0 aliphatic carbocycles. The van der Waals surface area contributed by atoms with Gasteiger partial charge in [-0.2, -0.15) is 0 Å². The minimum Gasteiger partial charge on any atom is -0.482 e. The molecule has 0 fully saturated rings. The van der Waals surface area contributed by atoms with Crippen molar-refractivity contribution in [3.8, 4) is 5.75 Å². The molecule has 0 bridgehead atoms. The van der Waals surface area contributed by atoms with Crippen LogP contribution in [0.4, 0.5) is 5.69 Å². The number of anilines is 1. The van der Waals surface area contributed by atoms with Gasteiger partial charge in [0.15, 0.2) is 19.0 Å². The predicted octanol–water partition coefficient (Wildman–Crippen LogP) is 3.97. The number of Topliss-reactive ketones (excluding diaryl/α,β-unsaturated/α-hetero) is 1. The summed E-state index contributed by atoms with van der Waals surface area (Å²) in [5, 5.41) is 2.66. The third kappa shape index (κ3) is 4.98. The van der Waals surface area contributed by atoms with Gasteiger partial charge in [0.1, 0.15) is 5.75 Å². The molecule has 6 heteroatoms. The number of rotatable bonds is 7. The maximum Gasteiger partial charge on any atom is 0.307 e. The number of amides is 1. The molecule has 0 aromatic heterocycles. The summed E-state index contributed by atoms with van der Waals surface area (Å²) in [5.41, 5.74) is 2.77. The molecule has 4 rings (SSSR count). The molecule has 1 heterocycles. The number of hydrogen-bond donors (Lipinski definition) is 1. The van der Waals surface area contributed by atoms with Crippen LogP contribution in [-0.2, 0) is 14.3 Å². The predicted molar refractivity (Wildman–Crippen MR) is 115 cm³/mol. The summed E-state index contributed by atoms with van der Waals surface area (Å²) in [5.74, 6) is -0.758. The molecule has 3 aromatic rings. The summed E-state index contributed by atoms with van der Waals surface area (Å²) in [7, 11) is 0. The molecule has 0 spiro atoms. The van der Waals surface area contributed by atoms with Crippen LogP contribution in [0.15, 0.2) is 78.9 Å². The molecular formula is C25H21NO5. The van der Waals surface area contributed by atoms with Gasteiger partial charge in [-0.3, -0.25) is 14.4 Å². The fraction of sp³-hybridized carbons (Fsp3) is 0.160. The first-order valence-electron chi connectivity index (χ1n) is 9.95. The Morgan fingerprint density at radius 3 is 2.23 bits per heavy atom. The van der Waals surface area contributed by atoms with Crippen molar-refractivity contribution in [1.29, 1.82) is 0 Å². The van der Waals surface area contributed by atoms with E-state index in [-0.39, 0.29) is 37.2 Å². The standard InChI is InChI=1S/C25H21NO5/c27-22(19-11-12-23-21(13-19)26-24(28)16-30-23)15-31-25(29)14-20(17-7-3-1-4-8-17)18-9-5-2-6-10-18/h1-13,20H,14-16H2,(H,26,28). The molecule has 1 aliphatic rings. The quantitative estimate of drug-likeness (QED) is 0.467. The van der Waals surface area contributed by atoms with Gasteiger partial charge in [0.25, 0.3) is 5.91 Å². The van der Waals surface area contributed by atoms with Gasteiger partial charge >= 0.3 is 5.97 Å². The van der Waals surface area contributed by atoms with Gasteiger partial charge in [0.2, 0.25) is 0 Å². The molecule has 1 N–H and O–H groups in total. The van der Waals surface area contributed by atoms with Crippen molar-refractivity contribution >= 4 is 23.3 Å². The van der Waals surface area contributed by atoms with Crippen LogP contribution in [-0.4, -0.2) is 30.9 Å². The third-order valence-electron chi connectivity index (χ3n) is 5.07. The molecule has 6 nitrogen and oxygen atoms in total. The molecule has 0 saturated heterocycles. The Labute approximate surface area is 179 Å². The average molecular weight is 415 g/mol. The van der Waals surface area contributed by atoms with E-state index in [9.17, 15) is 14.4 Å². The highest BCUT2D eigenvalue weighted by Crippen LogP contribution is 2.29. The van der Waals surface area contributed by atoms with Crippen molar-refractivity contribution in [2.45, 2.75) is 12.3 Å². The van der Waals surface area contributed by atoms with E-state index in [0.717, 1.165) is 11.1 Å². The van der Waals surface area contributed by atoms with Gasteiger partial charge < -0.3 is 14.8 Å². The van der Waals surface area contributed by atoms with Crippen LogP contribution in [0.25, 0.3) is 0 Å². The minimum atomic E-state index is -0.458. The number of fused-ring (bicyclic) bond motifs is 1. The molecule has 31 heavy (non-hydrogen) atoms. The normalized spacial score (nSPS) is 12.5. The second-order valence-corrected chi connectivity index (χ2v) is 7.21. The largest absolute Gasteiger partial charge is 0.482 e. The molecule has 0 atom stereocenters. The summed E-state index contributed by atoms with van der Waals surface area (Å²) < 4.78 is 10.6. The Hall–Kier alpha value is -3.93. The first-order valence-corrected chi connectivity index (χ1v) is 9.95. The Bertz CT molecular complexity index is 1060. The molecule has 0 saturated carbocycles. The van der Waals surface area contributed by atoms with E-state index >= 15 is 0 Å². The van der Waals surface area contributed by atoms with Gasteiger partial charge in [0.05, 0.1) is 12.1 Å². The Morgan fingerprint density at radius 2 is 1.58 bits per heavy atom. The van der Waals surface area contributed by atoms with Gasteiger partial charge in [-0.15, -0.1) is 0 Å². The Kier molecular flexibility index (Phi) is 6.08. The number of esters is 1. The number of benzene rings is 3. The number of ketones is 1. The van der Waals surface area contributed by atoms with E-state index in [0.29, 0.717) is 17.0 Å². The number of hydrogen-bond acceptors (Lipinski definition) is 5. The van der Waals surface area contributed by atoms with Crippen LogP contribution in [0.5, 0.6) is 5.75 Å². The Balaban J connectivity index is 1.41. The van der Waals surface area contributed by atoms with Gasteiger partial charge in [-0.1, -0.05) is 60.7 Å². The van der Waals surface area contributed by atoms with Crippen molar-refractivity contribution in [3.63, 3.8) is 0 Å². The van der Waals surface area contributed by atoms with E-state index in [4.69, 9.17) is 9.47 Å². The van der Waals surface area contributed by atoms with Crippen LogP contribution in [0, 0.1) is 0 Å². The first-order chi connectivity index (χ1) is 15.1. The smallest absolute Gasteiger partial charge is 0.307 e. The second-order valence-electron chi connectivity index (χ2n) is 7.21. The molecule has 1 amide bonds. The second kappa shape index (κ2) is 9.26.